The molecule has 2 rings (SSSR count). The second-order valence-electron chi connectivity index (χ2n) is 5.77. The van der Waals surface area contributed by atoms with Crippen LogP contribution in [0.5, 0.6) is 0 Å². The summed E-state index contributed by atoms with van der Waals surface area (Å²) in [6, 6.07) is 11.4. The van der Waals surface area contributed by atoms with Crippen LogP contribution >= 0.6 is 18.9 Å². The maximum Gasteiger partial charge on any atom is 0.361 e. The maximum absolute atomic E-state index is 13.3. The molecule has 1 heterocycles. The van der Waals surface area contributed by atoms with Gasteiger partial charge in [0.15, 0.2) is 0 Å². The average Bonchev–Trinajstić information content (AvgIpc) is 3.19. The Morgan fingerprint density at radius 1 is 1.14 bits per heavy atom. The predicted octanol–water partition coefficient (Wildman–Crippen LogP) is 5.34. The van der Waals surface area contributed by atoms with Crippen molar-refractivity contribution in [3.63, 3.8) is 0 Å². The molecule has 0 radical (unpaired) electrons. The maximum atomic E-state index is 13.3. The Labute approximate surface area is 170 Å². The lowest BCUT2D eigenvalue weighted by Gasteiger charge is -2.22. The van der Waals surface area contributed by atoms with Crippen LogP contribution in [-0.4, -0.2) is 30.7 Å². The zero-order chi connectivity index (χ0) is 20.4. The van der Waals surface area contributed by atoms with E-state index in [9.17, 15) is 9.36 Å². The molecule has 0 atom stereocenters. The highest BCUT2D eigenvalue weighted by atomic mass is 32.1. The molecule has 152 valence electrons. The van der Waals surface area contributed by atoms with E-state index >= 15 is 0 Å². The lowest BCUT2D eigenvalue weighted by atomic mass is 10.2. The number of benzene rings is 1. The van der Waals surface area contributed by atoms with Gasteiger partial charge in [-0.15, -0.1) is 0 Å². The molecule has 1 amide bonds. The highest BCUT2D eigenvalue weighted by molar-refractivity contribution is 7.65. The smallest absolute Gasteiger partial charge is 0.305 e. The Morgan fingerprint density at radius 3 is 2.36 bits per heavy atom. The normalized spacial score (nSPS) is 12.2. The monoisotopic (exact) mass is 423 g/mol. The summed E-state index contributed by atoms with van der Waals surface area (Å²) < 4.78 is 24.3. The van der Waals surface area contributed by atoms with Crippen LogP contribution in [0.15, 0.2) is 53.2 Å². The van der Waals surface area contributed by atoms with Crippen LogP contribution in [0.25, 0.3) is 5.31 Å². The SMILES string of the molecule is CCOP(=O)(OCC)/C(=C\CN(OCc1ccccc1)C(C)=O)c1ccsc1. The number of carbonyl (C=O) groups is 1. The molecule has 0 N–H and O–H groups in total. The Balaban J connectivity index is 2.23. The number of rotatable bonds is 11. The van der Waals surface area contributed by atoms with Crippen molar-refractivity contribution in [1.29, 1.82) is 0 Å². The first-order chi connectivity index (χ1) is 13.5. The van der Waals surface area contributed by atoms with Crippen LogP contribution in [0.2, 0.25) is 0 Å². The highest BCUT2D eigenvalue weighted by Gasteiger charge is 2.31. The van der Waals surface area contributed by atoms with Crippen molar-refractivity contribution in [3.05, 3.63) is 64.4 Å². The first-order valence-corrected chi connectivity index (χ1v) is 11.6. The molecule has 1 aromatic carbocycles. The fraction of sp³-hybridized carbons (Fsp3) is 0.350. The van der Waals surface area contributed by atoms with Crippen LogP contribution < -0.4 is 0 Å². The van der Waals surface area contributed by atoms with E-state index in [1.54, 1.807) is 19.9 Å². The van der Waals surface area contributed by atoms with Crippen LogP contribution in [0.3, 0.4) is 0 Å². The zero-order valence-electron chi connectivity index (χ0n) is 16.4. The van der Waals surface area contributed by atoms with Crippen molar-refractivity contribution in [3.8, 4) is 0 Å². The average molecular weight is 423 g/mol. The molecule has 0 aliphatic heterocycles. The molecule has 0 bridgehead atoms. The molecule has 1 aromatic heterocycles. The third-order valence-corrected chi connectivity index (χ3v) is 6.65. The summed E-state index contributed by atoms with van der Waals surface area (Å²) in [5, 5.41) is 5.44. The van der Waals surface area contributed by atoms with Crippen molar-refractivity contribution in [2.24, 2.45) is 0 Å². The van der Waals surface area contributed by atoms with E-state index in [2.05, 4.69) is 0 Å². The van der Waals surface area contributed by atoms with E-state index in [1.165, 1.54) is 23.3 Å². The number of amides is 1. The first kappa shape index (κ1) is 22.5. The largest absolute Gasteiger partial charge is 0.361 e. The number of thiophene rings is 1. The summed E-state index contributed by atoms with van der Waals surface area (Å²) in [6.07, 6.45) is 1.68. The van der Waals surface area contributed by atoms with Gasteiger partial charge in [-0.25, -0.2) is 5.06 Å². The van der Waals surface area contributed by atoms with Gasteiger partial charge in [-0.05, 0) is 42.3 Å². The number of hydrogen-bond acceptors (Lipinski definition) is 6. The quantitative estimate of drug-likeness (QED) is 0.361. The molecular formula is C20H26NO5PS. The third kappa shape index (κ3) is 6.40. The van der Waals surface area contributed by atoms with Crippen molar-refractivity contribution in [2.45, 2.75) is 27.4 Å². The van der Waals surface area contributed by atoms with Crippen molar-refractivity contribution < 1.29 is 23.2 Å². The van der Waals surface area contributed by atoms with Crippen molar-refractivity contribution in [2.75, 3.05) is 19.8 Å². The van der Waals surface area contributed by atoms with Crippen LogP contribution in [0, 0.1) is 0 Å². The summed E-state index contributed by atoms with van der Waals surface area (Å²) in [7, 11) is -3.51. The van der Waals surface area contributed by atoms with Gasteiger partial charge < -0.3 is 9.05 Å². The van der Waals surface area contributed by atoms with Crippen LogP contribution in [-0.2, 0) is 29.9 Å². The fourth-order valence-electron chi connectivity index (χ4n) is 2.48. The third-order valence-electron chi connectivity index (χ3n) is 3.74. The number of hydroxylamine groups is 2. The van der Waals surface area contributed by atoms with Crippen LogP contribution in [0.1, 0.15) is 31.9 Å². The second kappa shape index (κ2) is 11.3. The molecule has 0 fully saturated rings. The molecule has 8 heteroatoms. The van der Waals surface area contributed by atoms with Gasteiger partial charge in [0.2, 0.25) is 5.91 Å². The fourth-order valence-corrected chi connectivity index (χ4v) is 5.02. The summed E-state index contributed by atoms with van der Waals surface area (Å²) in [6.45, 7) is 5.84. The molecule has 2 aromatic rings. The highest BCUT2D eigenvalue weighted by Crippen LogP contribution is 2.60. The van der Waals surface area contributed by atoms with Crippen molar-refractivity contribution >= 4 is 30.2 Å². The number of hydrogen-bond donors (Lipinski definition) is 0. The van der Waals surface area contributed by atoms with E-state index in [0.717, 1.165) is 11.1 Å². The van der Waals surface area contributed by atoms with Gasteiger partial charge in [-0.1, -0.05) is 30.3 Å². The van der Waals surface area contributed by atoms with Crippen LogP contribution in [0.4, 0.5) is 0 Å². The Kier molecular flexibility index (Phi) is 9.09. The van der Waals surface area contributed by atoms with Crippen molar-refractivity contribution in [1.82, 2.24) is 5.06 Å². The molecule has 0 aliphatic rings. The summed E-state index contributed by atoms with van der Waals surface area (Å²) >= 11 is 1.48. The molecular weight excluding hydrogens is 397 g/mol. The van der Waals surface area contributed by atoms with E-state index in [-0.39, 0.29) is 32.3 Å². The number of carbonyl (C=O) groups excluding carboxylic acids is 1. The molecule has 0 saturated heterocycles. The zero-order valence-corrected chi connectivity index (χ0v) is 18.1. The standard InChI is InChI=1S/C20H26NO5PS/c1-4-25-27(23,26-5-2)20(19-12-14-28-16-19)11-13-21(17(3)22)24-15-18-9-7-6-8-10-18/h6-12,14,16H,4-5,13,15H2,1-3H3/b20-11-. The summed E-state index contributed by atoms with van der Waals surface area (Å²) in [5.41, 5.74) is 1.70. The van der Waals surface area contributed by atoms with Gasteiger partial charge >= 0.3 is 7.60 Å². The molecule has 0 spiro atoms. The molecule has 0 unspecified atom stereocenters. The lowest BCUT2D eigenvalue weighted by Crippen LogP contribution is -2.29. The Bertz CT molecular complexity index is 797. The first-order valence-electron chi connectivity index (χ1n) is 9.07. The molecule has 0 aliphatic carbocycles. The number of nitrogens with zero attached hydrogens (tertiary/aromatic N) is 1. The Hall–Kier alpha value is -1.76. The van der Waals surface area contributed by atoms with E-state index in [1.807, 2.05) is 47.2 Å². The topological polar surface area (TPSA) is 65.1 Å². The van der Waals surface area contributed by atoms with Gasteiger partial charge in [0.1, 0.15) is 6.61 Å². The Morgan fingerprint density at radius 2 is 1.82 bits per heavy atom. The molecule has 0 saturated carbocycles. The van der Waals surface area contributed by atoms with E-state index in [0.29, 0.717) is 5.31 Å². The van der Waals surface area contributed by atoms with E-state index < -0.39 is 7.60 Å². The van der Waals surface area contributed by atoms with Gasteiger partial charge in [0.25, 0.3) is 0 Å². The minimum absolute atomic E-state index is 0.123. The van der Waals surface area contributed by atoms with Gasteiger partial charge in [-0.3, -0.25) is 14.2 Å². The van der Waals surface area contributed by atoms with E-state index in [4.69, 9.17) is 13.9 Å². The minimum Gasteiger partial charge on any atom is -0.305 e. The minimum atomic E-state index is -3.51. The van der Waals surface area contributed by atoms with Gasteiger partial charge in [0.05, 0.1) is 25.1 Å². The predicted molar refractivity (Wildman–Crippen MR) is 112 cm³/mol. The summed E-state index contributed by atoms with van der Waals surface area (Å²) in [4.78, 5) is 17.7. The second-order valence-corrected chi connectivity index (χ2v) is 8.55. The summed E-state index contributed by atoms with van der Waals surface area (Å²) in [5.74, 6) is -0.250. The molecule has 6 nitrogen and oxygen atoms in total. The van der Waals surface area contributed by atoms with Gasteiger partial charge in [-0.2, -0.15) is 11.3 Å². The molecule has 28 heavy (non-hydrogen) atoms. The lowest BCUT2D eigenvalue weighted by molar-refractivity contribution is -0.185. The van der Waals surface area contributed by atoms with Gasteiger partial charge in [0, 0.05) is 12.5 Å².